The third-order valence-corrected chi connectivity index (χ3v) is 4.67. The van der Waals surface area contributed by atoms with E-state index in [1.54, 1.807) is 25.1 Å². The Balaban J connectivity index is 2.11. The number of halogens is 2. The molecule has 0 aliphatic carbocycles. The molecule has 3 N–H and O–H groups in total. The Bertz CT molecular complexity index is 808. The molecule has 2 aromatic rings. The molecule has 1 aromatic carbocycles. The highest BCUT2D eigenvalue weighted by molar-refractivity contribution is 7.18. The van der Waals surface area contributed by atoms with Gasteiger partial charge in [0.2, 0.25) is 0 Å². The summed E-state index contributed by atoms with van der Waals surface area (Å²) in [5.74, 6) is -0.424. The van der Waals surface area contributed by atoms with E-state index >= 15 is 0 Å². The standard InChI is InChI=1S/C14H10Cl2N4OS/c1-7-9(5-17)13(18)22-12(7)14(21)20-19-6-8-2-3-10(15)11(16)4-8/h2-4,6H,18H2,1H3,(H,20,21)/b19-6-. The molecule has 0 spiro atoms. The second-order valence-corrected chi connectivity index (χ2v) is 6.15. The molecule has 0 saturated heterocycles. The molecule has 1 amide bonds. The molecule has 0 unspecified atom stereocenters. The highest BCUT2D eigenvalue weighted by atomic mass is 35.5. The summed E-state index contributed by atoms with van der Waals surface area (Å²) < 4.78 is 0. The van der Waals surface area contributed by atoms with E-state index in [4.69, 9.17) is 34.2 Å². The van der Waals surface area contributed by atoms with Crippen molar-refractivity contribution in [2.24, 2.45) is 5.10 Å². The highest BCUT2D eigenvalue weighted by Crippen LogP contribution is 2.29. The van der Waals surface area contributed by atoms with Crippen LogP contribution in [0.5, 0.6) is 0 Å². The molecular formula is C14H10Cl2N4OS. The molecule has 0 aliphatic rings. The molecule has 0 radical (unpaired) electrons. The molecule has 0 atom stereocenters. The number of nitrogens with zero attached hydrogens (tertiary/aromatic N) is 2. The molecular weight excluding hydrogens is 343 g/mol. The zero-order valence-corrected chi connectivity index (χ0v) is 13.7. The molecule has 5 nitrogen and oxygen atoms in total. The van der Waals surface area contributed by atoms with Gasteiger partial charge in [0.15, 0.2) is 0 Å². The number of hydrogen-bond acceptors (Lipinski definition) is 5. The Morgan fingerprint density at radius 3 is 2.77 bits per heavy atom. The van der Waals surface area contributed by atoms with Gasteiger partial charge in [-0.1, -0.05) is 29.3 Å². The largest absolute Gasteiger partial charge is 0.389 e. The summed E-state index contributed by atoms with van der Waals surface area (Å²) >= 11 is 12.7. The first-order chi connectivity index (χ1) is 10.4. The molecule has 2 rings (SSSR count). The molecule has 1 heterocycles. The van der Waals surface area contributed by atoms with Crippen molar-refractivity contribution in [3.63, 3.8) is 0 Å². The maximum absolute atomic E-state index is 12.0. The van der Waals surface area contributed by atoms with Crippen LogP contribution in [0.15, 0.2) is 23.3 Å². The maximum atomic E-state index is 12.0. The number of rotatable bonds is 3. The van der Waals surface area contributed by atoms with Crippen LogP contribution in [0.3, 0.4) is 0 Å². The normalized spacial score (nSPS) is 10.6. The molecule has 0 aliphatic heterocycles. The lowest BCUT2D eigenvalue weighted by atomic mass is 10.2. The SMILES string of the molecule is Cc1c(C(=O)N/N=C\c2ccc(Cl)c(Cl)c2)sc(N)c1C#N. The smallest absolute Gasteiger partial charge is 0.281 e. The summed E-state index contributed by atoms with van der Waals surface area (Å²) in [6.45, 7) is 1.67. The van der Waals surface area contributed by atoms with E-state index in [0.29, 0.717) is 36.6 Å². The van der Waals surface area contributed by atoms with Crippen molar-refractivity contribution in [2.45, 2.75) is 6.92 Å². The molecule has 0 saturated carbocycles. The second-order valence-electron chi connectivity index (χ2n) is 4.28. The van der Waals surface area contributed by atoms with Gasteiger partial charge in [0.25, 0.3) is 5.91 Å². The summed E-state index contributed by atoms with van der Waals surface area (Å²) in [5.41, 5.74) is 9.64. The Labute approximate surface area is 141 Å². The Hall–Kier alpha value is -2.07. The average molecular weight is 353 g/mol. The van der Waals surface area contributed by atoms with Crippen molar-refractivity contribution in [1.82, 2.24) is 5.43 Å². The monoisotopic (exact) mass is 352 g/mol. The van der Waals surface area contributed by atoms with Crippen LogP contribution in [0.1, 0.15) is 26.4 Å². The minimum absolute atomic E-state index is 0.318. The number of thiophene rings is 1. The predicted octanol–water partition coefficient (Wildman–Crippen LogP) is 3.58. The third kappa shape index (κ3) is 3.39. The lowest BCUT2D eigenvalue weighted by molar-refractivity contribution is 0.0958. The van der Waals surface area contributed by atoms with Crippen molar-refractivity contribution in [3.05, 3.63) is 49.8 Å². The van der Waals surface area contributed by atoms with Gasteiger partial charge >= 0.3 is 0 Å². The lowest BCUT2D eigenvalue weighted by Gasteiger charge is -1.99. The molecule has 8 heteroatoms. The van der Waals surface area contributed by atoms with Crippen LogP contribution >= 0.6 is 34.5 Å². The number of carbonyl (C=O) groups is 1. The number of hydrogen-bond donors (Lipinski definition) is 2. The number of hydrazone groups is 1. The fourth-order valence-electron chi connectivity index (χ4n) is 1.70. The van der Waals surface area contributed by atoms with Gasteiger partial charge in [-0.2, -0.15) is 10.4 Å². The summed E-state index contributed by atoms with van der Waals surface area (Å²) in [6.07, 6.45) is 1.44. The van der Waals surface area contributed by atoms with Crippen LogP contribution in [0.2, 0.25) is 10.0 Å². The Morgan fingerprint density at radius 2 is 2.18 bits per heavy atom. The van der Waals surface area contributed by atoms with Crippen molar-refractivity contribution in [1.29, 1.82) is 5.26 Å². The van der Waals surface area contributed by atoms with Gasteiger partial charge in [-0.25, -0.2) is 5.43 Å². The number of carbonyl (C=O) groups excluding carboxylic acids is 1. The number of nitrogen functional groups attached to an aromatic ring is 1. The number of nitriles is 1. The number of nitrogens with two attached hydrogens (primary N) is 1. The van der Waals surface area contributed by atoms with Crippen LogP contribution in [-0.2, 0) is 0 Å². The van der Waals surface area contributed by atoms with Crippen molar-refractivity contribution in [3.8, 4) is 6.07 Å². The number of anilines is 1. The Kier molecular flexibility index (Phi) is 5.03. The van der Waals surface area contributed by atoms with E-state index in [2.05, 4.69) is 10.5 Å². The van der Waals surface area contributed by atoms with Crippen molar-refractivity contribution >= 4 is 51.7 Å². The van der Waals surface area contributed by atoms with E-state index in [1.165, 1.54) is 6.21 Å². The maximum Gasteiger partial charge on any atom is 0.281 e. The summed E-state index contributed by atoms with van der Waals surface area (Å²) in [5, 5.41) is 14.0. The molecule has 112 valence electrons. The van der Waals surface area contributed by atoms with Gasteiger partial charge in [-0.3, -0.25) is 4.79 Å². The highest BCUT2D eigenvalue weighted by Gasteiger charge is 2.18. The molecule has 1 aromatic heterocycles. The summed E-state index contributed by atoms with van der Waals surface area (Å²) in [7, 11) is 0. The predicted molar refractivity (Wildman–Crippen MR) is 89.7 cm³/mol. The van der Waals surface area contributed by atoms with E-state index in [-0.39, 0.29) is 0 Å². The summed E-state index contributed by atoms with van der Waals surface area (Å²) in [6, 6.07) is 6.95. The van der Waals surface area contributed by atoms with Gasteiger partial charge < -0.3 is 5.73 Å². The van der Waals surface area contributed by atoms with E-state index in [1.807, 2.05) is 6.07 Å². The van der Waals surface area contributed by atoms with Crippen LogP contribution in [-0.4, -0.2) is 12.1 Å². The van der Waals surface area contributed by atoms with Gasteiger partial charge in [0.05, 0.1) is 21.8 Å². The summed E-state index contributed by atoms with van der Waals surface area (Å²) in [4.78, 5) is 12.4. The first kappa shape index (κ1) is 16.3. The van der Waals surface area contributed by atoms with Gasteiger partial charge in [0, 0.05) is 0 Å². The zero-order chi connectivity index (χ0) is 16.3. The van der Waals surface area contributed by atoms with Crippen molar-refractivity contribution in [2.75, 3.05) is 5.73 Å². The number of nitrogens with one attached hydrogen (secondary N) is 1. The van der Waals surface area contributed by atoms with E-state index in [9.17, 15) is 4.79 Å². The van der Waals surface area contributed by atoms with Crippen LogP contribution in [0.4, 0.5) is 5.00 Å². The van der Waals surface area contributed by atoms with E-state index < -0.39 is 5.91 Å². The minimum atomic E-state index is -0.424. The fraction of sp³-hybridized carbons (Fsp3) is 0.0714. The van der Waals surface area contributed by atoms with Gasteiger partial charge in [-0.05, 0) is 30.2 Å². The quantitative estimate of drug-likeness (QED) is 0.653. The van der Waals surface area contributed by atoms with Gasteiger partial charge in [-0.15, -0.1) is 11.3 Å². The first-order valence-electron chi connectivity index (χ1n) is 6.01. The Morgan fingerprint density at radius 1 is 1.45 bits per heavy atom. The van der Waals surface area contributed by atoms with E-state index in [0.717, 1.165) is 11.3 Å². The lowest BCUT2D eigenvalue weighted by Crippen LogP contribution is -2.17. The molecule has 0 bridgehead atoms. The van der Waals surface area contributed by atoms with Crippen LogP contribution in [0.25, 0.3) is 0 Å². The zero-order valence-electron chi connectivity index (χ0n) is 11.4. The van der Waals surface area contributed by atoms with Crippen LogP contribution in [0, 0.1) is 18.3 Å². The second kappa shape index (κ2) is 6.79. The van der Waals surface area contributed by atoms with Gasteiger partial charge in [0.1, 0.15) is 15.9 Å². The molecule has 0 fully saturated rings. The van der Waals surface area contributed by atoms with Crippen molar-refractivity contribution < 1.29 is 4.79 Å². The minimum Gasteiger partial charge on any atom is -0.389 e. The number of benzene rings is 1. The topological polar surface area (TPSA) is 91.3 Å². The first-order valence-corrected chi connectivity index (χ1v) is 7.58. The average Bonchev–Trinajstić information content (AvgIpc) is 2.77. The fourth-order valence-corrected chi connectivity index (χ4v) is 2.92. The third-order valence-electron chi connectivity index (χ3n) is 2.82. The van der Waals surface area contributed by atoms with Crippen LogP contribution < -0.4 is 11.2 Å². The number of amides is 1. The molecule has 22 heavy (non-hydrogen) atoms.